The van der Waals surface area contributed by atoms with E-state index in [-0.39, 0.29) is 6.04 Å². The van der Waals surface area contributed by atoms with Crippen LogP contribution in [-0.2, 0) is 0 Å². The molecule has 1 N–H and O–H groups in total. The summed E-state index contributed by atoms with van der Waals surface area (Å²) in [6, 6.07) is 5.14. The number of anilines is 1. The molecule has 0 unspecified atom stereocenters. The van der Waals surface area contributed by atoms with Crippen molar-refractivity contribution in [2.45, 2.75) is 18.9 Å². The van der Waals surface area contributed by atoms with E-state index < -0.39 is 11.6 Å². The summed E-state index contributed by atoms with van der Waals surface area (Å²) in [6.45, 7) is 0.716. The number of hydrogen-bond donors (Lipinski definition) is 1. The fourth-order valence-electron chi connectivity index (χ4n) is 3.42. The first-order valence-corrected chi connectivity index (χ1v) is 9.50. The summed E-state index contributed by atoms with van der Waals surface area (Å²) in [4.78, 5) is 6.67. The van der Waals surface area contributed by atoms with E-state index in [9.17, 15) is 8.78 Å². The van der Waals surface area contributed by atoms with E-state index in [0.29, 0.717) is 34.2 Å². The summed E-state index contributed by atoms with van der Waals surface area (Å²) < 4.78 is 29.5. The van der Waals surface area contributed by atoms with Crippen LogP contribution in [0.2, 0.25) is 0 Å². The Hall–Kier alpha value is -2.48. The quantitative estimate of drug-likeness (QED) is 0.556. The van der Waals surface area contributed by atoms with Crippen molar-refractivity contribution in [3.05, 3.63) is 59.4 Å². The fourth-order valence-corrected chi connectivity index (χ4v) is 3.79. The molecule has 1 saturated heterocycles. The van der Waals surface area contributed by atoms with E-state index in [1.807, 2.05) is 17.2 Å². The molecule has 0 aliphatic carbocycles. The zero-order valence-electron chi connectivity index (χ0n) is 14.1. The first-order valence-electron chi connectivity index (χ1n) is 8.27. The van der Waals surface area contributed by atoms with Gasteiger partial charge < -0.3 is 4.90 Å². The Labute approximate surface area is 153 Å². The summed E-state index contributed by atoms with van der Waals surface area (Å²) in [5.41, 5.74) is 1.61. The average molecular weight is 373 g/mol. The second-order valence-corrected chi connectivity index (χ2v) is 6.98. The Bertz CT molecular complexity index is 987. The van der Waals surface area contributed by atoms with Crippen LogP contribution in [0.1, 0.15) is 30.0 Å². The monoisotopic (exact) mass is 373 g/mol. The highest BCUT2D eigenvalue weighted by atomic mass is 32.2. The number of benzene rings is 1. The SMILES string of the molecule is CSC(=N)c1cnn2ccc(N3CCC[C@@H]3c3cc(F)ccc3F)nc12. The van der Waals surface area contributed by atoms with Crippen molar-refractivity contribution < 1.29 is 8.78 Å². The van der Waals surface area contributed by atoms with E-state index in [4.69, 9.17) is 5.41 Å². The molecule has 134 valence electrons. The molecule has 1 aromatic carbocycles. The molecule has 1 aliphatic heterocycles. The first-order chi connectivity index (χ1) is 12.6. The highest BCUT2D eigenvalue weighted by Crippen LogP contribution is 2.36. The van der Waals surface area contributed by atoms with Gasteiger partial charge in [0.05, 0.1) is 22.8 Å². The van der Waals surface area contributed by atoms with Gasteiger partial charge in [-0.15, -0.1) is 11.8 Å². The van der Waals surface area contributed by atoms with Crippen molar-refractivity contribution in [2.75, 3.05) is 17.7 Å². The summed E-state index contributed by atoms with van der Waals surface area (Å²) >= 11 is 1.32. The van der Waals surface area contributed by atoms with Crippen molar-refractivity contribution in [2.24, 2.45) is 0 Å². The lowest BCUT2D eigenvalue weighted by Gasteiger charge is -2.26. The van der Waals surface area contributed by atoms with Crippen molar-refractivity contribution in [3.8, 4) is 0 Å². The first kappa shape index (κ1) is 17.0. The number of hydrogen-bond acceptors (Lipinski definition) is 5. The topological polar surface area (TPSA) is 57.3 Å². The van der Waals surface area contributed by atoms with Gasteiger partial charge in [-0.25, -0.2) is 18.3 Å². The largest absolute Gasteiger partial charge is 0.349 e. The third-order valence-corrected chi connectivity index (χ3v) is 5.30. The molecule has 0 radical (unpaired) electrons. The van der Waals surface area contributed by atoms with E-state index in [1.165, 1.54) is 23.9 Å². The molecule has 1 fully saturated rings. The van der Waals surface area contributed by atoms with Gasteiger partial charge in [-0.1, -0.05) is 0 Å². The molecule has 5 nitrogen and oxygen atoms in total. The minimum absolute atomic E-state index is 0.257. The number of fused-ring (bicyclic) bond motifs is 1. The second-order valence-electron chi connectivity index (χ2n) is 6.16. The van der Waals surface area contributed by atoms with Gasteiger partial charge in [0, 0.05) is 18.3 Å². The van der Waals surface area contributed by atoms with Crippen molar-refractivity contribution in [1.29, 1.82) is 5.41 Å². The molecule has 3 aromatic rings. The molecule has 0 bridgehead atoms. The minimum atomic E-state index is -0.442. The number of aromatic nitrogens is 3. The van der Waals surface area contributed by atoms with Crippen LogP contribution >= 0.6 is 11.8 Å². The number of halogens is 2. The molecule has 8 heteroatoms. The maximum Gasteiger partial charge on any atom is 0.167 e. The van der Waals surface area contributed by atoms with Gasteiger partial charge in [-0.2, -0.15) is 5.10 Å². The van der Waals surface area contributed by atoms with Crippen LogP contribution in [0, 0.1) is 17.0 Å². The fraction of sp³-hybridized carbons (Fsp3) is 0.278. The van der Waals surface area contributed by atoms with Gasteiger partial charge in [-0.3, -0.25) is 5.41 Å². The number of nitrogens with zero attached hydrogens (tertiary/aromatic N) is 4. The Morgan fingerprint density at radius 2 is 2.15 bits per heavy atom. The van der Waals surface area contributed by atoms with Crippen molar-refractivity contribution in [1.82, 2.24) is 14.6 Å². The maximum atomic E-state index is 14.3. The molecule has 0 spiro atoms. The summed E-state index contributed by atoms with van der Waals surface area (Å²) in [7, 11) is 0. The van der Waals surface area contributed by atoms with Crippen LogP contribution in [0.5, 0.6) is 0 Å². The van der Waals surface area contributed by atoms with E-state index in [0.717, 1.165) is 18.9 Å². The third kappa shape index (κ3) is 2.84. The van der Waals surface area contributed by atoms with Crippen molar-refractivity contribution in [3.63, 3.8) is 0 Å². The lowest BCUT2D eigenvalue weighted by Crippen LogP contribution is -2.24. The Morgan fingerprint density at radius 3 is 2.96 bits per heavy atom. The zero-order valence-corrected chi connectivity index (χ0v) is 14.9. The van der Waals surface area contributed by atoms with Gasteiger partial charge in [0.2, 0.25) is 0 Å². The molecular weight excluding hydrogens is 356 g/mol. The normalized spacial score (nSPS) is 17.2. The zero-order chi connectivity index (χ0) is 18.3. The van der Waals surface area contributed by atoms with Crippen LogP contribution in [0.25, 0.3) is 5.65 Å². The van der Waals surface area contributed by atoms with Gasteiger partial charge in [0.25, 0.3) is 0 Å². The predicted octanol–water partition coefficient (Wildman–Crippen LogP) is 4.04. The van der Waals surface area contributed by atoms with Gasteiger partial charge >= 0.3 is 0 Å². The molecule has 0 amide bonds. The highest BCUT2D eigenvalue weighted by molar-refractivity contribution is 8.13. The second kappa shape index (κ2) is 6.68. The molecule has 3 heterocycles. The van der Waals surface area contributed by atoms with Crippen LogP contribution in [0.3, 0.4) is 0 Å². The molecule has 26 heavy (non-hydrogen) atoms. The third-order valence-electron chi connectivity index (χ3n) is 4.67. The number of nitrogens with one attached hydrogen (secondary N) is 1. The Kier molecular flexibility index (Phi) is 4.36. The summed E-state index contributed by atoms with van der Waals surface area (Å²) in [5.74, 6) is -0.166. The molecule has 1 aliphatic rings. The Morgan fingerprint density at radius 1 is 1.31 bits per heavy atom. The van der Waals surface area contributed by atoms with Gasteiger partial charge in [0.1, 0.15) is 17.5 Å². The van der Waals surface area contributed by atoms with E-state index >= 15 is 0 Å². The molecular formula is C18H17F2N5S. The van der Waals surface area contributed by atoms with Crippen LogP contribution < -0.4 is 4.90 Å². The average Bonchev–Trinajstić information content (AvgIpc) is 3.29. The molecule has 4 rings (SSSR count). The Balaban J connectivity index is 1.76. The molecule has 1 atom stereocenters. The minimum Gasteiger partial charge on any atom is -0.349 e. The number of rotatable bonds is 3. The summed E-state index contributed by atoms with van der Waals surface area (Å²) in [6.07, 6.45) is 6.85. The number of thioether (sulfide) groups is 1. The predicted molar refractivity (Wildman–Crippen MR) is 99.0 cm³/mol. The van der Waals surface area contributed by atoms with E-state index in [1.54, 1.807) is 16.9 Å². The van der Waals surface area contributed by atoms with Crippen LogP contribution in [0.4, 0.5) is 14.6 Å². The lowest BCUT2D eigenvalue weighted by atomic mass is 10.0. The smallest absolute Gasteiger partial charge is 0.167 e. The van der Waals surface area contributed by atoms with Crippen LogP contribution in [-0.4, -0.2) is 32.4 Å². The highest BCUT2D eigenvalue weighted by Gasteiger charge is 2.30. The maximum absolute atomic E-state index is 14.3. The summed E-state index contributed by atoms with van der Waals surface area (Å²) in [5, 5.41) is 12.7. The van der Waals surface area contributed by atoms with E-state index in [2.05, 4.69) is 10.1 Å². The van der Waals surface area contributed by atoms with Crippen LogP contribution in [0.15, 0.2) is 36.7 Å². The van der Waals surface area contributed by atoms with Gasteiger partial charge in [0.15, 0.2) is 5.65 Å². The molecule has 0 saturated carbocycles. The standard InChI is InChI=1S/C18H17F2N5S/c1-26-17(21)13-10-22-25-8-6-16(23-18(13)25)24-7-2-3-15(24)12-9-11(19)4-5-14(12)20/h4-6,8-10,15,21H,2-3,7H2,1H3/t15-/m1/s1. The molecule has 2 aromatic heterocycles. The lowest BCUT2D eigenvalue weighted by molar-refractivity contribution is 0.560. The van der Waals surface area contributed by atoms with Gasteiger partial charge in [-0.05, 0) is 43.4 Å². The van der Waals surface area contributed by atoms with Crippen molar-refractivity contribution >= 4 is 28.3 Å².